The van der Waals surface area contributed by atoms with Gasteiger partial charge in [-0.25, -0.2) is 8.42 Å². The van der Waals surface area contributed by atoms with E-state index in [1.807, 2.05) is 51.1 Å². The fourth-order valence-corrected chi connectivity index (χ4v) is 4.79. The molecule has 0 heterocycles. The number of amides is 2. The normalized spacial score (nSPS) is 12.1. The number of carbonyl (C=O) groups is 2. The molecule has 35 heavy (non-hydrogen) atoms. The number of rotatable bonds is 12. The van der Waals surface area contributed by atoms with Crippen molar-refractivity contribution in [1.29, 1.82) is 0 Å². The number of anilines is 1. The van der Waals surface area contributed by atoms with Gasteiger partial charge in [-0.05, 0) is 56.0 Å². The minimum Gasteiger partial charge on any atom is -0.497 e. The van der Waals surface area contributed by atoms with Crippen LogP contribution in [0.15, 0.2) is 42.5 Å². The molecule has 192 valence electrons. The van der Waals surface area contributed by atoms with Crippen molar-refractivity contribution >= 4 is 27.5 Å². The van der Waals surface area contributed by atoms with Gasteiger partial charge in [-0.1, -0.05) is 43.7 Å². The van der Waals surface area contributed by atoms with Gasteiger partial charge in [-0.3, -0.25) is 13.9 Å². The molecule has 0 saturated carbocycles. The van der Waals surface area contributed by atoms with Crippen LogP contribution in [0.4, 0.5) is 5.69 Å². The molecule has 0 aliphatic rings. The Bertz CT molecular complexity index is 1100. The van der Waals surface area contributed by atoms with Gasteiger partial charge in [0.2, 0.25) is 21.8 Å². The lowest BCUT2D eigenvalue weighted by Crippen LogP contribution is -2.51. The summed E-state index contributed by atoms with van der Waals surface area (Å²) in [6.45, 7) is 7.56. The molecule has 0 aliphatic carbocycles. The molecule has 2 amide bonds. The minimum absolute atomic E-state index is 0.148. The van der Waals surface area contributed by atoms with Crippen molar-refractivity contribution in [2.24, 2.45) is 0 Å². The Hall–Kier alpha value is -3.07. The Morgan fingerprint density at radius 1 is 1.06 bits per heavy atom. The molecule has 0 bridgehead atoms. The molecule has 0 unspecified atom stereocenters. The number of ether oxygens (including phenoxy) is 1. The lowest BCUT2D eigenvalue weighted by Gasteiger charge is -2.32. The first-order chi connectivity index (χ1) is 16.5. The molecular weight excluding hydrogens is 466 g/mol. The topological polar surface area (TPSA) is 96.0 Å². The Kier molecular flexibility index (Phi) is 10.1. The molecule has 2 aromatic carbocycles. The molecule has 1 N–H and O–H groups in total. The van der Waals surface area contributed by atoms with Crippen LogP contribution in [-0.4, -0.2) is 57.6 Å². The van der Waals surface area contributed by atoms with Crippen molar-refractivity contribution in [3.05, 3.63) is 59.2 Å². The van der Waals surface area contributed by atoms with E-state index in [4.69, 9.17) is 4.74 Å². The van der Waals surface area contributed by atoms with Crippen molar-refractivity contribution in [2.45, 2.75) is 53.1 Å². The van der Waals surface area contributed by atoms with Crippen LogP contribution in [-0.2, 0) is 26.2 Å². The zero-order valence-corrected chi connectivity index (χ0v) is 22.3. The number of methoxy groups -OCH3 is 1. The second kappa shape index (κ2) is 12.6. The third-order valence-corrected chi connectivity index (χ3v) is 6.99. The summed E-state index contributed by atoms with van der Waals surface area (Å²) in [5, 5.41) is 2.87. The maximum atomic E-state index is 13.6. The molecule has 2 aromatic rings. The third-order valence-electron chi connectivity index (χ3n) is 5.88. The van der Waals surface area contributed by atoms with E-state index >= 15 is 0 Å². The zero-order chi connectivity index (χ0) is 26.2. The number of nitrogens with zero attached hydrogens (tertiary/aromatic N) is 2. The van der Waals surface area contributed by atoms with Gasteiger partial charge < -0.3 is 15.0 Å². The van der Waals surface area contributed by atoms with Gasteiger partial charge in [0.25, 0.3) is 0 Å². The highest BCUT2D eigenvalue weighted by molar-refractivity contribution is 7.92. The average molecular weight is 504 g/mol. The maximum Gasteiger partial charge on any atom is 0.244 e. The van der Waals surface area contributed by atoms with Gasteiger partial charge in [0.1, 0.15) is 18.3 Å². The smallest absolute Gasteiger partial charge is 0.244 e. The van der Waals surface area contributed by atoms with Gasteiger partial charge in [-0.15, -0.1) is 0 Å². The Labute approximate surface area is 209 Å². The number of benzene rings is 2. The fourth-order valence-electron chi connectivity index (χ4n) is 3.82. The highest BCUT2D eigenvalue weighted by Crippen LogP contribution is 2.27. The number of sulfonamides is 1. The van der Waals surface area contributed by atoms with Crippen molar-refractivity contribution in [3.8, 4) is 5.75 Å². The van der Waals surface area contributed by atoms with E-state index in [1.165, 1.54) is 4.90 Å². The Morgan fingerprint density at radius 3 is 2.17 bits per heavy atom. The molecule has 2 rings (SSSR count). The molecule has 0 radical (unpaired) electrons. The number of hydrogen-bond donors (Lipinski definition) is 1. The van der Waals surface area contributed by atoms with Crippen LogP contribution in [0.3, 0.4) is 0 Å². The minimum atomic E-state index is -3.77. The standard InChI is InChI=1S/C26H37N3O5S/c1-7-8-16-27-26(31)21(4)28(17-22-12-14-23(34-5)15-13-22)24(30)18-29(35(6,32)33)25-19(2)10-9-11-20(25)3/h9-15,21H,7-8,16-18H2,1-6H3,(H,27,31)/t21-/m0/s1. The van der Waals surface area contributed by atoms with E-state index in [2.05, 4.69) is 5.32 Å². The van der Waals surface area contributed by atoms with E-state index in [9.17, 15) is 18.0 Å². The SMILES string of the molecule is CCCCNC(=O)[C@H](C)N(Cc1ccc(OC)cc1)C(=O)CN(c1c(C)cccc1C)S(C)(=O)=O. The fraction of sp³-hybridized carbons (Fsp3) is 0.462. The van der Waals surface area contributed by atoms with Crippen molar-refractivity contribution in [2.75, 3.05) is 30.8 Å². The first-order valence-electron chi connectivity index (χ1n) is 11.7. The van der Waals surface area contributed by atoms with Crippen molar-refractivity contribution in [1.82, 2.24) is 10.2 Å². The van der Waals surface area contributed by atoms with Crippen LogP contribution >= 0.6 is 0 Å². The number of para-hydroxylation sites is 1. The van der Waals surface area contributed by atoms with Crippen LogP contribution in [0.5, 0.6) is 5.75 Å². The maximum absolute atomic E-state index is 13.6. The van der Waals surface area contributed by atoms with Gasteiger partial charge in [0.15, 0.2) is 0 Å². The molecule has 0 aliphatic heterocycles. The lowest BCUT2D eigenvalue weighted by molar-refractivity contribution is -0.139. The molecular formula is C26H37N3O5S. The molecule has 0 fully saturated rings. The third kappa shape index (κ3) is 7.71. The van der Waals surface area contributed by atoms with Gasteiger partial charge in [-0.2, -0.15) is 0 Å². The predicted molar refractivity (Wildman–Crippen MR) is 139 cm³/mol. The van der Waals surface area contributed by atoms with Crippen LogP contribution in [0.25, 0.3) is 0 Å². The summed E-state index contributed by atoms with van der Waals surface area (Å²) in [6.07, 6.45) is 2.85. The van der Waals surface area contributed by atoms with E-state index in [1.54, 1.807) is 26.2 Å². The number of hydrogen-bond acceptors (Lipinski definition) is 5. The Balaban J connectivity index is 2.40. The summed E-state index contributed by atoms with van der Waals surface area (Å²) < 4.78 is 31.9. The molecule has 0 aromatic heterocycles. The number of carbonyl (C=O) groups excluding carboxylic acids is 2. The van der Waals surface area contributed by atoms with Gasteiger partial charge >= 0.3 is 0 Å². The summed E-state index contributed by atoms with van der Waals surface area (Å²) in [6, 6.07) is 11.9. The van der Waals surface area contributed by atoms with E-state index in [-0.39, 0.29) is 12.5 Å². The highest BCUT2D eigenvalue weighted by Gasteiger charge is 2.31. The highest BCUT2D eigenvalue weighted by atomic mass is 32.2. The molecule has 0 spiro atoms. The second-order valence-corrected chi connectivity index (χ2v) is 10.6. The molecule has 8 nitrogen and oxygen atoms in total. The summed E-state index contributed by atoms with van der Waals surface area (Å²) in [7, 11) is -2.20. The second-order valence-electron chi connectivity index (χ2n) is 8.70. The average Bonchev–Trinajstić information content (AvgIpc) is 2.81. The first-order valence-corrected chi connectivity index (χ1v) is 13.6. The van der Waals surface area contributed by atoms with Gasteiger partial charge in [0.05, 0.1) is 19.1 Å². The quantitative estimate of drug-likeness (QED) is 0.448. The Morgan fingerprint density at radius 2 is 1.66 bits per heavy atom. The van der Waals surface area contributed by atoms with E-state index < -0.39 is 28.5 Å². The predicted octanol–water partition coefficient (Wildman–Crippen LogP) is 3.41. The lowest BCUT2D eigenvalue weighted by atomic mass is 10.1. The van der Waals surface area contributed by atoms with Crippen LogP contribution < -0.4 is 14.4 Å². The monoisotopic (exact) mass is 503 g/mol. The van der Waals surface area contributed by atoms with Crippen LogP contribution in [0.1, 0.15) is 43.4 Å². The summed E-state index contributed by atoms with van der Waals surface area (Å²) >= 11 is 0. The first kappa shape index (κ1) is 28.2. The van der Waals surface area contributed by atoms with Gasteiger partial charge in [0, 0.05) is 13.1 Å². The summed E-state index contributed by atoms with van der Waals surface area (Å²) in [5.74, 6) is -0.0689. The van der Waals surface area contributed by atoms with E-state index in [0.29, 0.717) is 18.0 Å². The number of unbranched alkanes of at least 4 members (excludes halogenated alkanes) is 1. The summed E-state index contributed by atoms with van der Waals surface area (Å²) in [5.41, 5.74) is 2.77. The number of nitrogens with one attached hydrogen (secondary N) is 1. The van der Waals surface area contributed by atoms with Crippen molar-refractivity contribution in [3.63, 3.8) is 0 Å². The molecule has 0 saturated heterocycles. The number of aryl methyl sites for hydroxylation is 2. The molecule has 9 heteroatoms. The van der Waals surface area contributed by atoms with E-state index in [0.717, 1.165) is 40.1 Å². The summed E-state index contributed by atoms with van der Waals surface area (Å²) in [4.78, 5) is 27.9. The van der Waals surface area contributed by atoms with Crippen LogP contribution in [0.2, 0.25) is 0 Å². The van der Waals surface area contributed by atoms with Crippen molar-refractivity contribution < 1.29 is 22.7 Å². The van der Waals surface area contributed by atoms with Crippen LogP contribution in [0, 0.1) is 13.8 Å². The molecule has 1 atom stereocenters. The largest absolute Gasteiger partial charge is 0.497 e. The zero-order valence-electron chi connectivity index (χ0n) is 21.5.